The molecule has 0 amide bonds. The zero-order chi connectivity index (χ0) is 14.1. The van der Waals surface area contributed by atoms with Crippen molar-refractivity contribution in [1.29, 1.82) is 0 Å². The predicted molar refractivity (Wildman–Crippen MR) is 82.9 cm³/mol. The van der Waals surface area contributed by atoms with Crippen LogP contribution in [0.3, 0.4) is 0 Å². The van der Waals surface area contributed by atoms with Crippen molar-refractivity contribution < 1.29 is 9.47 Å². The third kappa shape index (κ3) is 2.38. The van der Waals surface area contributed by atoms with Gasteiger partial charge >= 0.3 is 0 Å². The molecule has 1 unspecified atom stereocenters. The first kappa shape index (κ1) is 12.4. The smallest absolute Gasteiger partial charge is 0.184 e. The minimum atomic E-state index is -0.137. The fourth-order valence-electron chi connectivity index (χ4n) is 2.32. The summed E-state index contributed by atoms with van der Waals surface area (Å²) in [5.74, 6) is 1.58. The van der Waals surface area contributed by atoms with Gasteiger partial charge in [0.1, 0.15) is 11.6 Å². The molecule has 0 N–H and O–H groups in total. The molecule has 1 atom stereocenters. The Morgan fingerprint density at radius 3 is 2.57 bits per heavy atom. The second kappa shape index (κ2) is 5.22. The van der Waals surface area contributed by atoms with Crippen LogP contribution in [-0.4, -0.2) is 11.6 Å². The highest BCUT2D eigenvalue weighted by Gasteiger charge is 2.25. The minimum Gasteiger partial charge on any atom is -0.485 e. The molecule has 2 aromatic carbocycles. The van der Waals surface area contributed by atoms with Crippen molar-refractivity contribution in [2.45, 2.75) is 6.10 Å². The van der Waals surface area contributed by atoms with Gasteiger partial charge in [-0.05, 0) is 12.1 Å². The first-order valence-electron chi connectivity index (χ1n) is 6.79. The van der Waals surface area contributed by atoms with Crippen LogP contribution >= 0.6 is 11.3 Å². The van der Waals surface area contributed by atoms with Gasteiger partial charge in [-0.3, -0.25) is 0 Å². The van der Waals surface area contributed by atoms with Gasteiger partial charge in [0.15, 0.2) is 17.6 Å². The summed E-state index contributed by atoms with van der Waals surface area (Å²) in [4.78, 5) is 4.69. The van der Waals surface area contributed by atoms with Gasteiger partial charge in [0, 0.05) is 10.9 Å². The van der Waals surface area contributed by atoms with Crippen molar-refractivity contribution in [2.24, 2.45) is 0 Å². The first-order chi connectivity index (χ1) is 10.4. The Labute approximate surface area is 126 Å². The van der Waals surface area contributed by atoms with Crippen LogP contribution in [0.1, 0.15) is 11.1 Å². The Hall–Kier alpha value is -2.33. The molecule has 1 aliphatic heterocycles. The highest BCUT2D eigenvalue weighted by Crippen LogP contribution is 2.37. The average Bonchev–Trinajstić information content (AvgIpc) is 3.05. The first-order valence-corrected chi connectivity index (χ1v) is 7.67. The van der Waals surface area contributed by atoms with E-state index in [1.807, 2.05) is 42.5 Å². The summed E-state index contributed by atoms with van der Waals surface area (Å²) in [7, 11) is 0. The van der Waals surface area contributed by atoms with Crippen LogP contribution in [0.4, 0.5) is 0 Å². The third-order valence-corrected chi connectivity index (χ3v) is 4.31. The van der Waals surface area contributed by atoms with E-state index in [4.69, 9.17) is 14.5 Å². The zero-order valence-corrected chi connectivity index (χ0v) is 12.0. The maximum absolute atomic E-state index is 5.99. The second-order valence-corrected chi connectivity index (χ2v) is 5.69. The van der Waals surface area contributed by atoms with Gasteiger partial charge in [0.05, 0.1) is 5.69 Å². The zero-order valence-electron chi connectivity index (χ0n) is 11.2. The van der Waals surface area contributed by atoms with Crippen molar-refractivity contribution >= 4 is 11.3 Å². The number of fused-ring (bicyclic) bond motifs is 1. The summed E-state index contributed by atoms with van der Waals surface area (Å²) in [5, 5.41) is 3.01. The SMILES string of the molecule is c1ccc(-c2csc(C3COc4ccccc4O3)n2)cc1. The fraction of sp³-hybridized carbons (Fsp3) is 0.118. The molecule has 0 saturated carbocycles. The largest absolute Gasteiger partial charge is 0.485 e. The molecule has 0 saturated heterocycles. The lowest BCUT2D eigenvalue weighted by Gasteiger charge is -2.24. The fourth-order valence-corrected chi connectivity index (χ4v) is 3.16. The van der Waals surface area contributed by atoms with Gasteiger partial charge in [0.2, 0.25) is 0 Å². The highest BCUT2D eigenvalue weighted by atomic mass is 32.1. The van der Waals surface area contributed by atoms with Crippen LogP contribution in [0.25, 0.3) is 11.3 Å². The van der Waals surface area contributed by atoms with E-state index < -0.39 is 0 Å². The van der Waals surface area contributed by atoms with Crippen LogP contribution < -0.4 is 9.47 Å². The molecule has 0 radical (unpaired) electrons. The third-order valence-electron chi connectivity index (χ3n) is 3.38. The van der Waals surface area contributed by atoms with E-state index in [1.54, 1.807) is 11.3 Å². The van der Waals surface area contributed by atoms with Gasteiger partial charge in [-0.1, -0.05) is 42.5 Å². The summed E-state index contributed by atoms with van der Waals surface area (Å²) < 4.78 is 11.7. The molecule has 1 aromatic heterocycles. The summed E-state index contributed by atoms with van der Waals surface area (Å²) in [6, 6.07) is 17.9. The molecule has 0 fully saturated rings. The molecular weight excluding hydrogens is 282 g/mol. The van der Waals surface area contributed by atoms with Crippen molar-refractivity contribution in [3.63, 3.8) is 0 Å². The Morgan fingerprint density at radius 1 is 0.952 bits per heavy atom. The van der Waals surface area contributed by atoms with Gasteiger partial charge in [-0.2, -0.15) is 0 Å². The van der Waals surface area contributed by atoms with Crippen molar-refractivity contribution in [2.75, 3.05) is 6.61 Å². The van der Waals surface area contributed by atoms with Crippen molar-refractivity contribution in [3.8, 4) is 22.8 Å². The van der Waals surface area contributed by atoms with Crippen LogP contribution in [0, 0.1) is 0 Å². The van der Waals surface area contributed by atoms with E-state index in [0.717, 1.165) is 27.8 Å². The number of benzene rings is 2. The molecule has 2 heterocycles. The topological polar surface area (TPSA) is 31.4 Å². The maximum Gasteiger partial charge on any atom is 0.184 e. The van der Waals surface area contributed by atoms with Gasteiger partial charge in [0.25, 0.3) is 0 Å². The van der Waals surface area contributed by atoms with Crippen LogP contribution in [0.5, 0.6) is 11.5 Å². The monoisotopic (exact) mass is 295 g/mol. The minimum absolute atomic E-state index is 0.137. The van der Waals surface area contributed by atoms with E-state index in [1.165, 1.54) is 0 Å². The molecular formula is C17H13NO2S. The van der Waals surface area contributed by atoms with E-state index in [2.05, 4.69) is 17.5 Å². The molecule has 104 valence electrons. The number of rotatable bonds is 2. The molecule has 3 nitrogen and oxygen atoms in total. The number of hydrogen-bond acceptors (Lipinski definition) is 4. The molecule has 0 aliphatic carbocycles. The second-order valence-electron chi connectivity index (χ2n) is 4.80. The Morgan fingerprint density at radius 2 is 1.71 bits per heavy atom. The van der Waals surface area contributed by atoms with Gasteiger partial charge in [-0.25, -0.2) is 4.98 Å². The number of ether oxygens (including phenoxy) is 2. The standard InChI is InChI=1S/C17H13NO2S/c1-2-6-12(7-3-1)13-11-21-17(18-13)16-10-19-14-8-4-5-9-15(14)20-16/h1-9,11,16H,10H2. The number of thiazole rings is 1. The van der Waals surface area contributed by atoms with E-state index in [9.17, 15) is 0 Å². The van der Waals surface area contributed by atoms with Gasteiger partial charge < -0.3 is 9.47 Å². The van der Waals surface area contributed by atoms with E-state index in [0.29, 0.717) is 6.61 Å². The Balaban J connectivity index is 1.60. The Kier molecular flexibility index (Phi) is 3.09. The highest BCUT2D eigenvalue weighted by molar-refractivity contribution is 7.10. The van der Waals surface area contributed by atoms with Crippen molar-refractivity contribution in [1.82, 2.24) is 4.98 Å². The van der Waals surface area contributed by atoms with Crippen molar-refractivity contribution in [3.05, 3.63) is 65.0 Å². The number of nitrogens with zero attached hydrogens (tertiary/aromatic N) is 1. The lowest BCUT2D eigenvalue weighted by molar-refractivity contribution is 0.0911. The molecule has 1 aliphatic rings. The van der Waals surface area contributed by atoms with Crippen LogP contribution in [0.15, 0.2) is 60.0 Å². The summed E-state index contributed by atoms with van der Waals surface area (Å²) >= 11 is 1.61. The maximum atomic E-state index is 5.99. The molecule has 21 heavy (non-hydrogen) atoms. The lowest BCUT2D eigenvalue weighted by atomic mass is 10.2. The Bertz CT molecular complexity index is 754. The van der Waals surface area contributed by atoms with Gasteiger partial charge in [-0.15, -0.1) is 11.3 Å². The quantitative estimate of drug-likeness (QED) is 0.705. The number of aromatic nitrogens is 1. The van der Waals surface area contributed by atoms with Crippen LogP contribution in [0.2, 0.25) is 0 Å². The molecule has 4 heteroatoms. The number of para-hydroxylation sites is 2. The summed E-state index contributed by atoms with van der Waals surface area (Å²) in [6.45, 7) is 0.499. The molecule has 0 spiro atoms. The molecule has 0 bridgehead atoms. The summed E-state index contributed by atoms with van der Waals surface area (Å²) in [6.07, 6.45) is -0.137. The van der Waals surface area contributed by atoms with E-state index in [-0.39, 0.29) is 6.10 Å². The predicted octanol–water partition coefficient (Wildman–Crippen LogP) is 4.32. The lowest BCUT2D eigenvalue weighted by Crippen LogP contribution is -2.21. The van der Waals surface area contributed by atoms with E-state index >= 15 is 0 Å². The molecule has 3 aromatic rings. The molecule has 4 rings (SSSR count). The number of hydrogen-bond donors (Lipinski definition) is 0. The summed E-state index contributed by atoms with van der Waals surface area (Å²) in [5.41, 5.74) is 2.11. The average molecular weight is 295 g/mol. The normalized spacial score (nSPS) is 16.7. The van der Waals surface area contributed by atoms with Crippen LogP contribution in [-0.2, 0) is 0 Å².